The quantitative estimate of drug-likeness (QED) is 0.549. The van der Waals surface area contributed by atoms with Gasteiger partial charge in [0.2, 0.25) is 0 Å². The maximum atomic E-state index is 13.6. The molecule has 5 nitrogen and oxygen atoms in total. The third-order valence-corrected chi connectivity index (χ3v) is 5.18. The molecule has 1 aliphatic heterocycles. The maximum Gasteiger partial charge on any atom is 0.294 e. The van der Waals surface area contributed by atoms with E-state index in [-0.39, 0.29) is 30.1 Å². The average molecular weight is 409 g/mol. The highest BCUT2D eigenvalue weighted by atomic mass is 19.1. The molecule has 0 saturated carbocycles. The van der Waals surface area contributed by atoms with Gasteiger partial charge in [0.25, 0.3) is 5.91 Å². The van der Waals surface area contributed by atoms with Crippen molar-refractivity contribution in [1.29, 1.82) is 0 Å². The van der Waals surface area contributed by atoms with Gasteiger partial charge in [0.1, 0.15) is 29.7 Å². The van der Waals surface area contributed by atoms with E-state index >= 15 is 0 Å². The van der Waals surface area contributed by atoms with Crippen LogP contribution in [0.25, 0.3) is 0 Å². The lowest BCUT2D eigenvalue weighted by atomic mass is 9.96. The number of ether oxygens (including phenoxy) is 2. The largest absolute Gasteiger partial charge is 0.494 e. The molecule has 0 unspecified atom stereocenters. The van der Waals surface area contributed by atoms with Gasteiger partial charge in [-0.3, -0.25) is 4.79 Å². The number of carbonyl (C=O) groups excluding carboxylic acids is 1. The normalized spacial score (nSPS) is 15.6. The third-order valence-electron chi connectivity index (χ3n) is 5.18. The molecular formula is C24H24FNO4. The molecule has 0 N–H and O–H groups in total. The first-order chi connectivity index (χ1) is 14.5. The topological polar surface area (TPSA) is 51.9 Å². The Morgan fingerprint density at radius 3 is 2.57 bits per heavy atom. The number of anilines is 1. The van der Waals surface area contributed by atoms with Crippen LogP contribution >= 0.6 is 0 Å². The van der Waals surface area contributed by atoms with Gasteiger partial charge in [-0.1, -0.05) is 0 Å². The van der Waals surface area contributed by atoms with Crippen molar-refractivity contribution in [2.45, 2.75) is 39.3 Å². The molecule has 0 aliphatic carbocycles. The Morgan fingerprint density at radius 1 is 1.10 bits per heavy atom. The smallest absolute Gasteiger partial charge is 0.294 e. The predicted octanol–water partition coefficient (Wildman–Crippen LogP) is 5.38. The summed E-state index contributed by atoms with van der Waals surface area (Å²) in [7, 11) is 0. The zero-order valence-corrected chi connectivity index (χ0v) is 17.1. The third kappa shape index (κ3) is 4.17. The fourth-order valence-electron chi connectivity index (χ4n) is 3.67. The van der Waals surface area contributed by atoms with E-state index in [1.165, 1.54) is 12.1 Å². The molecule has 2 aromatic carbocycles. The van der Waals surface area contributed by atoms with Gasteiger partial charge in [-0.2, -0.15) is 0 Å². The first kappa shape index (κ1) is 20.0. The summed E-state index contributed by atoms with van der Waals surface area (Å²) in [6, 6.07) is 15.3. The summed E-state index contributed by atoms with van der Waals surface area (Å²) in [6.07, 6.45) is 1.52. The minimum atomic E-state index is -0.289. The van der Waals surface area contributed by atoms with Crippen molar-refractivity contribution in [2.24, 2.45) is 0 Å². The lowest BCUT2D eigenvalue weighted by Crippen LogP contribution is -2.42. The number of hydrogen-bond donors (Lipinski definition) is 0. The molecule has 1 atom stereocenters. The van der Waals surface area contributed by atoms with Crippen LogP contribution in [0, 0.1) is 5.82 Å². The molecule has 0 saturated heterocycles. The lowest BCUT2D eigenvalue weighted by molar-refractivity contribution is 0.0944. The number of halogens is 1. The van der Waals surface area contributed by atoms with Crippen molar-refractivity contribution >= 4 is 11.6 Å². The second-order valence-electron chi connectivity index (χ2n) is 7.29. The van der Waals surface area contributed by atoms with E-state index in [0.717, 1.165) is 29.8 Å². The van der Waals surface area contributed by atoms with Crippen LogP contribution in [0.5, 0.6) is 11.5 Å². The second kappa shape index (κ2) is 8.61. The number of rotatable bonds is 6. The van der Waals surface area contributed by atoms with Gasteiger partial charge in [0.15, 0.2) is 5.76 Å². The monoisotopic (exact) mass is 409 g/mol. The molecule has 2 heterocycles. The molecular weight excluding hydrogens is 385 g/mol. The predicted molar refractivity (Wildman–Crippen MR) is 112 cm³/mol. The lowest BCUT2D eigenvalue weighted by Gasteiger charge is -2.34. The Balaban J connectivity index is 1.45. The molecule has 3 aromatic rings. The van der Waals surface area contributed by atoms with Crippen molar-refractivity contribution in [3.8, 4) is 11.5 Å². The number of carbonyl (C=O) groups is 1. The molecule has 1 amide bonds. The number of aryl methyl sites for hydroxylation is 1. The van der Waals surface area contributed by atoms with Crippen LogP contribution in [0.1, 0.15) is 42.1 Å². The van der Waals surface area contributed by atoms with E-state index in [1.54, 1.807) is 23.1 Å². The number of nitrogens with zero attached hydrogens (tertiary/aromatic N) is 1. The summed E-state index contributed by atoms with van der Waals surface area (Å²) in [4.78, 5) is 14.8. The highest BCUT2D eigenvalue weighted by Gasteiger charge is 2.30. The standard InChI is InChI=1S/C24H24FNO4/c1-3-28-19-7-9-20(10-8-19)29-15-21-11-13-23(30-21)24(27)26-16(2)4-5-17-14-18(25)6-12-22(17)26/h6-14,16H,3-5,15H2,1-2H3/t16-/m0/s1. The summed E-state index contributed by atoms with van der Waals surface area (Å²) < 4.78 is 30.5. The molecule has 6 heteroatoms. The molecule has 0 radical (unpaired) electrons. The zero-order valence-electron chi connectivity index (χ0n) is 17.1. The Labute approximate surface area is 175 Å². The van der Waals surface area contributed by atoms with Crippen LogP contribution in [0.3, 0.4) is 0 Å². The Hall–Kier alpha value is -3.28. The van der Waals surface area contributed by atoms with E-state index in [1.807, 2.05) is 38.1 Å². The fraction of sp³-hybridized carbons (Fsp3) is 0.292. The van der Waals surface area contributed by atoms with Crippen LogP contribution < -0.4 is 14.4 Å². The van der Waals surface area contributed by atoms with Crippen molar-refractivity contribution in [3.05, 3.63) is 77.5 Å². The SMILES string of the molecule is CCOc1ccc(OCc2ccc(C(=O)N3c4ccc(F)cc4CC[C@@H]3C)o2)cc1. The summed E-state index contributed by atoms with van der Waals surface area (Å²) in [5.74, 6) is 1.74. The summed E-state index contributed by atoms with van der Waals surface area (Å²) in [5, 5.41) is 0. The van der Waals surface area contributed by atoms with Gasteiger partial charge >= 0.3 is 0 Å². The van der Waals surface area contributed by atoms with Gasteiger partial charge in [-0.05, 0) is 86.8 Å². The molecule has 0 bridgehead atoms. The summed E-state index contributed by atoms with van der Waals surface area (Å²) in [5.41, 5.74) is 1.58. The van der Waals surface area contributed by atoms with Crippen LogP contribution in [0.2, 0.25) is 0 Å². The zero-order chi connectivity index (χ0) is 21.1. The van der Waals surface area contributed by atoms with Gasteiger partial charge in [0.05, 0.1) is 6.61 Å². The van der Waals surface area contributed by atoms with Crippen molar-refractivity contribution in [1.82, 2.24) is 0 Å². The first-order valence-electron chi connectivity index (χ1n) is 10.1. The van der Waals surface area contributed by atoms with E-state index in [9.17, 15) is 9.18 Å². The van der Waals surface area contributed by atoms with Crippen molar-refractivity contribution in [2.75, 3.05) is 11.5 Å². The molecule has 4 rings (SSSR count). The highest BCUT2D eigenvalue weighted by molar-refractivity contribution is 6.05. The molecule has 30 heavy (non-hydrogen) atoms. The number of furan rings is 1. The maximum absolute atomic E-state index is 13.6. The number of hydrogen-bond acceptors (Lipinski definition) is 4. The summed E-state index contributed by atoms with van der Waals surface area (Å²) in [6.45, 7) is 4.74. The van der Waals surface area contributed by atoms with Crippen molar-refractivity contribution in [3.63, 3.8) is 0 Å². The number of benzene rings is 2. The Kier molecular flexibility index (Phi) is 5.74. The molecule has 1 aliphatic rings. The molecule has 0 spiro atoms. The van der Waals surface area contributed by atoms with Crippen LogP contribution in [-0.2, 0) is 13.0 Å². The van der Waals surface area contributed by atoms with Gasteiger partial charge in [0, 0.05) is 11.7 Å². The average Bonchev–Trinajstić information content (AvgIpc) is 3.22. The number of amides is 1. The van der Waals surface area contributed by atoms with Crippen LogP contribution in [0.4, 0.5) is 10.1 Å². The highest BCUT2D eigenvalue weighted by Crippen LogP contribution is 2.33. The second-order valence-corrected chi connectivity index (χ2v) is 7.29. The fourth-order valence-corrected chi connectivity index (χ4v) is 3.67. The van der Waals surface area contributed by atoms with Gasteiger partial charge < -0.3 is 18.8 Å². The molecule has 1 aromatic heterocycles. The van der Waals surface area contributed by atoms with E-state index in [4.69, 9.17) is 13.9 Å². The molecule has 156 valence electrons. The summed E-state index contributed by atoms with van der Waals surface area (Å²) >= 11 is 0. The van der Waals surface area contributed by atoms with E-state index in [0.29, 0.717) is 18.1 Å². The minimum absolute atomic E-state index is 0.00381. The van der Waals surface area contributed by atoms with Gasteiger partial charge in [-0.25, -0.2) is 4.39 Å². The van der Waals surface area contributed by atoms with Crippen molar-refractivity contribution < 1.29 is 23.1 Å². The van der Waals surface area contributed by atoms with E-state index in [2.05, 4.69) is 0 Å². The van der Waals surface area contributed by atoms with Crippen LogP contribution in [0.15, 0.2) is 59.0 Å². The van der Waals surface area contributed by atoms with Crippen LogP contribution in [-0.4, -0.2) is 18.6 Å². The Morgan fingerprint density at radius 2 is 1.83 bits per heavy atom. The Bertz CT molecular complexity index is 1030. The minimum Gasteiger partial charge on any atom is -0.494 e. The number of fused-ring (bicyclic) bond motifs is 1. The molecule has 0 fully saturated rings. The van der Waals surface area contributed by atoms with E-state index < -0.39 is 0 Å². The van der Waals surface area contributed by atoms with Gasteiger partial charge in [-0.15, -0.1) is 0 Å². The first-order valence-corrected chi connectivity index (χ1v) is 10.1.